The molecule has 9 heteroatoms. The first kappa shape index (κ1) is 22.4. The minimum atomic E-state index is -3.64. The number of amides is 2. The number of sulfonamides is 1. The van der Waals surface area contributed by atoms with E-state index in [1.54, 1.807) is 13.8 Å². The Morgan fingerprint density at radius 1 is 1.25 bits per heavy atom. The summed E-state index contributed by atoms with van der Waals surface area (Å²) in [6.07, 6.45) is 9.21. The van der Waals surface area contributed by atoms with Crippen molar-refractivity contribution < 1.29 is 18.0 Å². The van der Waals surface area contributed by atoms with Crippen molar-refractivity contribution >= 4 is 21.8 Å². The minimum absolute atomic E-state index is 0.225. The first-order valence-electron chi connectivity index (χ1n) is 9.78. The van der Waals surface area contributed by atoms with E-state index >= 15 is 0 Å². The lowest BCUT2D eigenvalue weighted by atomic mass is 9.88. The van der Waals surface area contributed by atoms with Gasteiger partial charge in [0, 0.05) is 12.2 Å². The largest absolute Gasteiger partial charge is 0.384 e. The minimum Gasteiger partial charge on any atom is -0.384 e. The van der Waals surface area contributed by atoms with Gasteiger partial charge in [-0.1, -0.05) is 6.08 Å². The summed E-state index contributed by atoms with van der Waals surface area (Å²) in [7, 11) is -3.64. The molecule has 0 aromatic rings. The number of nitrogens with one attached hydrogen (secondary N) is 4. The van der Waals surface area contributed by atoms with Gasteiger partial charge in [-0.25, -0.2) is 8.42 Å². The Hall–Kier alpha value is -1.87. The number of hydrogen-bond acceptors (Lipinski definition) is 5. The van der Waals surface area contributed by atoms with Crippen molar-refractivity contribution in [1.29, 1.82) is 0 Å². The lowest BCUT2D eigenvalue weighted by Gasteiger charge is -2.31. The molecule has 0 aromatic heterocycles. The summed E-state index contributed by atoms with van der Waals surface area (Å²) in [6, 6.07) is 0. The second kappa shape index (κ2) is 9.09. The lowest BCUT2D eigenvalue weighted by Crippen LogP contribution is -2.60. The van der Waals surface area contributed by atoms with E-state index < -0.39 is 26.7 Å². The topological polar surface area (TPSA) is 116 Å². The van der Waals surface area contributed by atoms with Crippen molar-refractivity contribution in [2.75, 3.05) is 6.54 Å². The number of rotatable bonds is 6. The highest BCUT2D eigenvalue weighted by Crippen LogP contribution is 2.27. The van der Waals surface area contributed by atoms with E-state index in [0.717, 1.165) is 31.4 Å². The molecule has 8 nitrogen and oxygen atoms in total. The van der Waals surface area contributed by atoms with Crippen LogP contribution in [0.2, 0.25) is 0 Å². The van der Waals surface area contributed by atoms with Crippen LogP contribution in [0.3, 0.4) is 0 Å². The number of carbonyl (C=O) groups excluding carboxylic acids is 2. The Kier molecular flexibility index (Phi) is 7.28. The van der Waals surface area contributed by atoms with Crippen molar-refractivity contribution in [2.45, 2.75) is 70.6 Å². The molecular weight excluding hydrogens is 380 g/mol. The van der Waals surface area contributed by atoms with Gasteiger partial charge in [-0.3, -0.25) is 15.0 Å². The maximum Gasteiger partial charge on any atom is 0.260 e. The highest BCUT2D eigenvalue weighted by Gasteiger charge is 2.34. The normalized spacial score (nSPS) is 21.8. The summed E-state index contributed by atoms with van der Waals surface area (Å²) in [5, 5.41) is 5.40. The molecule has 2 aliphatic rings. The van der Waals surface area contributed by atoms with Crippen molar-refractivity contribution in [3.8, 4) is 0 Å². The van der Waals surface area contributed by atoms with Gasteiger partial charge in [0.15, 0.2) is 0 Å². The quantitative estimate of drug-likeness (QED) is 0.490. The van der Waals surface area contributed by atoms with E-state index in [0.29, 0.717) is 13.0 Å². The molecule has 2 amide bonds. The Morgan fingerprint density at radius 3 is 2.64 bits per heavy atom. The van der Waals surface area contributed by atoms with E-state index in [9.17, 15) is 18.0 Å². The van der Waals surface area contributed by atoms with E-state index in [-0.39, 0.29) is 11.8 Å². The Labute approximate surface area is 167 Å². The fraction of sp³-hybridized carbons (Fsp3) is 0.684. The molecule has 1 heterocycles. The molecule has 0 saturated heterocycles. The first-order valence-corrected chi connectivity index (χ1v) is 11.3. The van der Waals surface area contributed by atoms with Crippen molar-refractivity contribution in [3.63, 3.8) is 0 Å². The third-order valence-electron chi connectivity index (χ3n) is 5.10. The van der Waals surface area contributed by atoms with Gasteiger partial charge in [0.1, 0.15) is 5.54 Å². The van der Waals surface area contributed by atoms with Crippen LogP contribution in [-0.4, -0.2) is 37.6 Å². The van der Waals surface area contributed by atoms with Crippen molar-refractivity contribution in [1.82, 2.24) is 20.9 Å². The second-order valence-corrected chi connectivity index (χ2v) is 10.4. The molecule has 4 N–H and O–H groups in total. The van der Waals surface area contributed by atoms with Crippen LogP contribution in [0.5, 0.6) is 0 Å². The van der Waals surface area contributed by atoms with Gasteiger partial charge in [-0.2, -0.15) is 0 Å². The van der Waals surface area contributed by atoms with Crippen LogP contribution >= 0.6 is 0 Å². The second-order valence-electron chi connectivity index (χ2n) is 8.21. The van der Waals surface area contributed by atoms with Crippen LogP contribution in [0, 0.1) is 5.92 Å². The van der Waals surface area contributed by atoms with Gasteiger partial charge in [0.05, 0.1) is 11.2 Å². The maximum atomic E-state index is 12.7. The summed E-state index contributed by atoms with van der Waals surface area (Å²) in [5.41, 5.74) is 3.29. The SMILES string of the molecule is CC(C)S(=O)(=O)NNC(=O)C(C)(C)NC(=O)C1CNC2=C(CCCC/C=C\2)C1. The number of hydrazine groups is 1. The number of allylic oxidation sites excluding steroid dienone is 3. The van der Waals surface area contributed by atoms with E-state index in [1.807, 2.05) is 0 Å². The predicted octanol–water partition coefficient (Wildman–Crippen LogP) is 1.23. The number of carbonyl (C=O) groups is 2. The molecule has 1 aliphatic carbocycles. The third-order valence-corrected chi connectivity index (χ3v) is 6.73. The summed E-state index contributed by atoms with van der Waals surface area (Å²) in [5.74, 6) is -1.12. The van der Waals surface area contributed by atoms with Gasteiger partial charge in [-0.05, 0) is 71.4 Å². The van der Waals surface area contributed by atoms with Crippen molar-refractivity contribution in [3.05, 3.63) is 23.4 Å². The van der Waals surface area contributed by atoms with Crippen LogP contribution in [0.1, 0.15) is 59.8 Å². The molecule has 0 radical (unpaired) electrons. The van der Waals surface area contributed by atoms with Gasteiger partial charge < -0.3 is 10.6 Å². The first-order chi connectivity index (χ1) is 13.0. The third kappa shape index (κ3) is 5.81. The van der Waals surface area contributed by atoms with Gasteiger partial charge >= 0.3 is 0 Å². The van der Waals surface area contributed by atoms with Gasteiger partial charge in [0.25, 0.3) is 5.91 Å². The summed E-state index contributed by atoms with van der Waals surface area (Å²) >= 11 is 0. The Morgan fingerprint density at radius 2 is 1.96 bits per heavy atom. The zero-order valence-corrected chi connectivity index (χ0v) is 17.9. The predicted molar refractivity (Wildman–Crippen MR) is 108 cm³/mol. The maximum absolute atomic E-state index is 12.7. The molecule has 0 spiro atoms. The molecule has 0 bridgehead atoms. The summed E-state index contributed by atoms with van der Waals surface area (Å²) in [4.78, 5) is 27.2. The lowest BCUT2D eigenvalue weighted by molar-refractivity contribution is -0.134. The van der Waals surface area contributed by atoms with E-state index in [1.165, 1.54) is 19.4 Å². The molecule has 28 heavy (non-hydrogen) atoms. The molecule has 1 aliphatic heterocycles. The highest BCUT2D eigenvalue weighted by molar-refractivity contribution is 7.90. The van der Waals surface area contributed by atoms with Crippen LogP contribution in [-0.2, 0) is 19.6 Å². The average Bonchev–Trinajstić information content (AvgIpc) is 2.59. The smallest absolute Gasteiger partial charge is 0.260 e. The molecule has 0 fully saturated rings. The van der Waals surface area contributed by atoms with Crippen LogP contribution in [0.4, 0.5) is 0 Å². The summed E-state index contributed by atoms with van der Waals surface area (Å²) < 4.78 is 23.6. The highest BCUT2D eigenvalue weighted by atomic mass is 32.2. The molecule has 1 atom stereocenters. The van der Waals surface area contributed by atoms with Gasteiger partial charge in [0.2, 0.25) is 15.9 Å². The Bertz CT molecular complexity index is 769. The van der Waals surface area contributed by atoms with Crippen LogP contribution in [0.25, 0.3) is 0 Å². The molecule has 1 unspecified atom stereocenters. The molecular formula is C19H32N4O4S. The number of hydrogen-bond donors (Lipinski definition) is 4. The molecule has 0 saturated carbocycles. The van der Waals surface area contributed by atoms with Crippen molar-refractivity contribution in [2.24, 2.45) is 5.92 Å². The Balaban J connectivity index is 1.96. The molecule has 0 aromatic carbocycles. The fourth-order valence-electron chi connectivity index (χ4n) is 3.10. The van der Waals surface area contributed by atoms with Gasteiger partial charge in [-0.15, -0.1) is 4.83 Å². The van der Waals surface area contributed by atoms with Crippen LogP contribution in [0.15, 0.2) is 23.4 Å². The summed E-state index contributed by atoms with van der Waals surface area (Å²) in [6.45, 7) is 6.61. The standard InChI is InChI=1S/C19H32N4O4S/c1-13(2)28(26,27)23-22-18(25)19(3,4)21-17(24)15-11-14-9-7-5-6-8-10-16(14)20-12-15/h8,10,13,15,20,23H,5-7,9,11-12H2,1-4H3,(H,21,24)(H,22,25)/b10-8-. The zero-order valence-electron chi connectivity index (χ0n) is 17.1. The monoisotopic (exact) mass is 412 g/mol. The van der Waals surface area contributed by atoms with E-state index in [4.69, 9.17) is 0 Å². The van der Waals surface area contributed by atoms with Crippen LogP contribution < -0.4 is 20.9 Å². The average molecular weight is 413 g/mol. The van der Waals surface area contributed by atoms with E-state index in [2.05, 4.69) is 33.0 Å². The fourth-order valence-corrected chi connectivity index (χ4v) is 3.57. The zero-order chi connectivity index (χ0) is 20.9. The molecule has 2 rings (SSSR count). The molecule has 158 valence electrons.